The number of rotatable bonds is 4. The summed E-state index contributed by atoms with van der Waals surface area (Å²) in [6, 6.07) is 5.86. The van der Waals surface area contributed by atoms with E-state index in [9.17, 15) is 4.79 Å². The second-order valence-corrected chi connectivity index (χ2v) is 7.16. The lowest BCUT2D eigenvalue weighted by atomic mass is 10.2. The lowest BCUT2D eigenvalue weighted by Gasteiger charge is -2.09. The van der Waals surface area contributed by atoms with E-state index in [1.165, 1.54) is 0 Å². The predicted octanol–water partition coefficient (Wildman–Crippen LogP) is 3.78. The van der Waals surface area contributed by atoms with Gasteiger partial charge in [0, 0.05) is 23.4 Å². The van der Waals surface area contributed by atoms with Crippen molar-refractivity contribution < 1.29 is 0 Å². The molecule has 0 spiro atoms. The van der Waals surface area contributed by atoms with Gasteiger partial charge in [-0.25, -0.2) is 4.98 Å². The summed E-state index contributed by atoms with van der Waals surface area (Å²) in [4.78, 5) is 23.8. The number of hydrogen-bond acceptors (Lipinski definition) is 5. The van der Waals surface area contributed by atoms with E-state index >= 15 is 0 Å². The molecule has 3 aromatic rings. The topological polar surface area (TPSA) is 47.8 Å². The Hall–Kier alpha value is -1.66. The average molecular weight is 331 g/mol. The van der Waals surface area contributed by atoms with Crippen LogP contribution in [0.15, 0.2) is 34.3 Å². The molecule has 0 bridgehead atoms. The van der Waals surface area contributed by atoms with Crippen molar-refractivity contribution in [1.29, 1.82) is 0 Å². The first kappa shape index (κ1) is 15.2. The maximum atomic E-state index is 12.7. The Morgan fingerprint density at radius 1 is 1.32 bits per heavy atom. The predicted molar refractivity (Wildman–Crippen MR) is 92.8 cm³/mol. The molecule has 0 aliphatic carbocycles. The van der Waals surface area contributed by atoms with Crippen molar-refractivity contribution in [2.75, 3.05) is 0 Å². The Labute approximate surface area is 137 Å². The zero-order chi connectivity index (χ0) is 15.7. The summed E-state index contributed by atoms with van der Waals surface area (Å²) in [5, 5.41) is 1.54. The fourth-order valence-electron chi connectivity index (χ4n) is 2.32. The summed E-state index contributed by atoms with van der Waals surface area (Å²) in [5.74, 6) is 0.710. The van der Waals surface area contributed by atoms with Crippen molar-refractivity contribution in [3.05, 3.63) is 50.9 Å². The lowest BCUT2D eigenvalue weighted by molar-refractivity contribution is 0.635. The van der Waals surface area contributed by atoms with Crippen LogP contribution in [0, 0.1) is 13.8 Å². The minimum Gasteiger partial charge on any atom is -0.287 e. The van der Waals surface area contributed by atoms with E-state index in [1.54, 1.807) is 33.9 Å². The highest BCUT2D eigenvalue weighted by molar-refractivity contribution is 7.98. The highest BCUT2D eigenvalue weighted by Crippen LogP contribution is 2.29. The molecule has 4 nitrogen and oxygen atoms in total. The summed E-state index contributed by atoms with van der Waals surface area (Å²) < 4.78 is 1.76. The maximum absolute atomic E-state index is 12.7. The van der Waals surface area contributed by atoms with Crippen LogP contribution in [0.3, 0.4) is 0 Å². The Balaban J connectivity index is 2.04. The Kier molecular flexibility index (Phi) is 4.31. The second kappa shape index (κ2) is 6.22. The van der Waals surface area contributed by atoms with Crippen LogP contribution in [0.2, 0.25) is 0 Å². The van der Waals surface area contributed by atoms with Gasteiger partial charge in [-0.3, -0.25) is 14.3 Å². The van der Waals surface area contributed by atoms with Crippen LogP contribution in [0.5, 0.6) is 0 Å². The Morgan fingerprint density at radius 2 is 2.14 bits per heavy atom. The number of pyridine rings is 1. The minimum absolute atomic E-state index is 0.0675. The van der Waals surface area contributed by atoms with Crippen molar-refractivity contribution in [3.8, 4) is 0 Å². The number of hydrogen-bond donors (Lipinski definition) is 0. The molecule has 0 atom stereocenters. The van der Waals surface area contributed by atoms with Crippen molar-refractivity contribution in [2.24, 2.45) is 0 Å². The van der Waals surface area contributed by atoms with E-state index in [0.717, 1.165) is 31.5 Å². The fourth-order valence-corrected chi connectivity index (χ4v) is 4.37. The molecule has 0 saturated carbocycles. The quantitative estimate of drug-likeness (QED) is 0.539. The minimum atomic E-state index is 0.0675. The molecule has 3 heterocycles. The molecule has 0 saturated heterocycles. The van der Waals surface area contributed by atoms with Gasteiger partial charge in [-0.2, -0.15) is 0 Å². The molecule has 0 radical (unpaired) electrons. The molecule has 114 valence electrons. The summed E-state index contributed by atoms with van der Waals surface area (Å²) in [6.45, 7) is 6.64. The molecular weight excluding hydrogens is 314 g/mol. The number of thiophene rings is 1. The van der Waals surface area contributed by atoms with Crippen LogP contribution < -0.4 is 5.56 Å². The molecule has 0 aliphatic heterocycles. The largest absolute Gasteiger partial charge is 0.287 e. The van der Waals surface area contributed by atoms with E-state index in [2.05, 4.69) is 4.98 Å². The van der Waals surface area contributed by atoms with Gasteiger partial charge in [0.15, 0.2) is 5.16 Å². The van der Waals surface area contributed by atoms with E-state index in [0.29, 0.717) is 12.3 Å². The lowest BCUT2D eigenvalue weighted by Crippen LogP contribution is -2.22. The molecule has 0 fully saturated rings. The van der Waals surface area contributed by atoms with Gasteiger partial charge in [0.05, 0.1) is 11.1 Å². The summed E-state index contributed by atoms with van der Waals surface area (Å²) in [7, 11) is 0. The number of thioether (sulfide) groups is 1. The molecule has 0 amide bonds. The third-order valence-corrected chi connectivity index (χ3v) is 5.76. The normalized spacial score (nSPS) is 11.2. The number of aromatic nitrogens is 3. The van der Waals surface area contributed by atoms with Crippen molar-refractivity contribution in [2.45, 2.75) is 38.2 Å². The Bertz CT molecular complexity index is 868. The van der Waals surface area contributed by atoms with Gasteiger partial charge < -0.3 is 0 Å². The third-order valence-electron chi connectivity index (χ3n) is 3.65. The molecule has 0 aromatic carbocycles. The molecule has 0 aliphatic rings. The van der Waals surface area contributed by atoms with Crippen LogP contribution in [0.25, 0.3) is 10.2 Å². The number of aryl methyl sites for hydroxylation is 2. The van der Waals surface area contributed by atoms with Crippen LogP contribution in [-0.2, 0) is 12.3 Å². The maximum Gasteiger partial charge on any atom is 0.263 e. The zero-order valence-corrected chi connectivity index (χ0v) is 14.4. The van der Waals surface area contributed by atoms with Gasteiger partial charge in [-0.1, -0.05) is 17.8 Å². The van der Waals surface area contributed by atoms with Crippen LogP contribution >= 0.6 is 23.1 Å². The Morgan fingerprint density at radius 3 is 2.82 bits per heavy atom. The molecule has 0 N–H and O–H groups in total. The molecule has 3 rings (SSSR count). The molecular formula is C16H17N3OS2. The van der Waals surface area contributed by atoms with Gasteiger partial charge >= 0.3 is 0 Å². The van der Waals surface area contributed by atoms with Crippen LogP contribution in [-0.4, -0.2) is 14.5 Å². The van der Waals surface area contributed by atoms with Crippen molar-refractivity contribution >= 4 is 33.3 Å². The smallest absolute Gasteiger partial charge is 0.263 e. The molecule has 22 heavy (non-hydrogen) atoms. The highest BCUT2D eigenvalue weighted by Gasteiger charge is 2.16. The van der Waals surface area contributed by atoms with Gasteiger partial charge in [-0.15, -0.1) is 11.3 Å². The first-order chi connectivity index (χ1) is 10.6. The summed E-state index contributed by atoms with van der Waals surface area (Å²) >= 11 is 3.16. The monoisotopic (exact) mass is 331 g/mol. The van der Waals surface area contributed by atoms with Gasteiger partial charge in [0.25, 0.3) is 5.56 Å². The second-order valence-electron chi connectivity index (χ2n) is 5.02. The first-order valence-electron chi connectivity index (χ1n) is 7.15. The number of fused-ring (bicyclic) bond motifs is 1. The van der Waals surface area contributed by atoms with Crippen LogP contribution in [0.1, 0.15) is 23.1 Å². The van der Waals surface area contributed by atoms with Gasteiger partial charge in [0.2, 0.25) is 0 Å². The molecule has 0 unspecified atom stereocenters. The van der Waals surface area contributed by atoms with E-state index < -0.39 is 0 Å². The van der Waals surface area contributed by atoms with Gasteiger partial charge in [-0.05, 0) is 38.5 Å². The summed E-state index contributed by atoms with van der Waals surface area (Å²) in [6.07, 6.45) is 1.78. The summed E-state index contributed by atoms with van der Waals surface area (Å²) in [5.41, 5.74) is 2.11. The molecule has 6 heteroatoms. The average Bonchev–Trinajstić information content (AvgIpc) is 2.81. The van der Waals surface area contributed by atoms with Crippen molar-refractivity contribution in [1.82, 2.24) is 14.5 Å². The van der Waals surface area contributed by atoms with Crippen molar-refractivity contribution in [3.63, 3.8) is 0 Å². The standard InChI is InChI=1S/C16H17N3OS2/c1-4-19-15(20)13-10(2)11(3)22-14(13)18-16(19)21-9-12-7-5-6-8-17-12/h5-8H,4,9H2,1-3H3. The van der Waals surface area contributed by atoms with E-state index in [-0.39, 0.29) is 5.56 Å². The van der Waals surface area contributed by atoms with E-state index in [1.807, 2.05) is 39.0 Å². The first-order valence-corrected chi connectivity index (χ1v) is 8.95. The number of nitrogens with zero attached hydrogens (tertiary/aromatic N) is 3. The molecule has 3 aromatic heterocycles. The highest BCUT2D eigenvalue weighted by atomic mass is 32.2. The fraction of sp³-hybridized carbons (Fsp3) is 0.312. The SMILES string of the molecule is CCn1c(SCc2ccccn2)nc2sc(C)c(C)c2c1=O. The zero-order valence-electron chi connectivity index (χ0n) is 12.8. The van der Waals surface area contributed by atoms with Crippen LogP contribution in [0.4, 0.5) is 0 Å². The van der Waals surface area contributed by atoms with E-state index in [4.69, 9.17) is 4.98 Å². The van der Waals surface area contributed by atoms with Gasteiger partial charge in [0.1, 0.15) is 4.83 Å². The third kappa shape index (κ3) is 2.68.